The van der Waals surface area contributed by atoms with Crippen LogP contribution in [-0.2, 0) is 20.6 Å². The SMILES string of the molecule is CCC(C)(C)C1CCC(C#N)C(S(=O)CCS(C)(=O)=O)C1. The van der Waals surface area contributed by atoms with E-state index < -0.39 is 20.6 Å². The second-order valence-corrected chi connectivity index (χ2v) is 10.9. The van der Waals surface area contributed by atoms with Gasteiger partial charge in [0.25, 0.3) is 0 Å². The number of nitriles is 1. The van der Waals surface area contributed by atoms with Crippen molar-refractivity contribution in [2.75, 3.05) is 17.8 Å². The van der Waals surface area contributed by atoms with Gasteiger partial charge < -0.3 is 0 Å². The zero-order valence-corrected chi connectivity index (χ0v) is 15.1. The van der Waals surface area contributed by atoms with Crippen LogP contribution in [0.15, 0.2) is 0 Å². The van der Waals surface area contributed by atoms with E-state index in [9.17, 15) is 17.9 Å². The van der Waals surface area contributed by atoms with Gasteiger partial charge in [0, 0.05) is 22.8 Å². The average molecular weight is 334 g/mol. The van der Waals surface area contributed by atoms with Crippen LogP contribution in [-0.4, -0.2) is 35.6 Å². The van der Waals surface area contributed by atoms with Crippen molar-refractivity contribution in [3.05, 3.63) is 0 Å². The fraction of sp³-hybridized carbons (Fsp3) is 0.933. The van der Waals surface area contributed by atoms with Crippen LogP contribution in [0.25, 0.3) is 0 Å². The molecule has 1 fully saturated rings. The number of nitrogens with zero attached hydrogens (tertiary/aromatic N) is 1. The molecule has 1 rings (SSSR count). The third-order valence-electron chi connectivity index (χ3n) is 4.97. The summed E-state index contributed by atoms with van der Waals surface area (Å²) >= 11 is 0. The van der Waals surface area contributed by atoms with Crippen LogP contribution in [0.1, 0.15) is 46.5 Å². The molecular formula is C15H27NO3S2. The molecule has 4 atom stereocenters. The second kappa shape index (κ2) is 7.23. The standard InChI is InChI=1S/C15H27NO3S2/c1-5-15(2,3)13-7-6-12(11-16)14(10-13)20(17)8-9-21(4,18)19/h12-14H,5-10H2,1-4H3. The number of hydrogen-bond acceptors (Lipinski definition) is 4. The zero-order valence-electron chi connectivity index (χ0n) is 13.5. The zero-order chi connectivity index (χ0) is 16.3. The summed E-state index contributed by atoms with van der Waals surface area (Å²) in [7, 11) is -4.35. The average Bonchev–Trinajstić information content (AvgIpc) is 2.43. The maximum atomic E-state index is 12.5. The smallest absolute Gasteiger partial charge is 0.148 e. The van der Waals surface area contributed by atoms with Crippen LogP contribution in [0, 0.1) is 28.6 Å². The Morgan fingerprint density at radius 2 is 1.95 bits per heavy atom. The monoisotopic (exact) mass is 333 g/mol. The minimum Gasteiger partial charge on any atom is -0.259 e. The maximum absolute atomic E-state index is 12.5. The van der Waals surface area contributed by atoms with Gasteiger partial charge in [-0.05, 0) is 30.6 Å². The molecular weight excluding hydrogens is 306 g/mol. The topological polar surface area (TPSA) is 75.0 Å². The Hall–Kier alpha value is -0.410. The lowest BCUT2D eigenvalue weighted by atomic mass is 9.67. The van der Waals surface area contributed by atoms with Gasteiger partial charge in [-0.2, -0.15) is 5.26 Å². The largest absolute Gasteiger partial charge is 0.259 e. The molecule has 0 bridgehead atoms. The van der Waals surface area contributed by atoms with Crippen molar-refractivity contribution < 1.29 is 12.6 Å². The highest BCUT2D eigenvalue weighted by Crippen LogP contribution is 2.43. The molecule has 0 heterocycles. The lowest BCUT2D eigenvalue weighted by molar-refractivity contribution is 0.143. The molecule has 0 aromatic rings. The Kier molecular flexibility index (Phi) is 6.42. The molecule has 0 aromatic carbocycles. The van der Waals surface area contributed by atoms with E-state index in [-0.39, 0.29) is 28.1 Å². The van der Waals surface area contributed by atoms with Gasteiger partial charge in [-0.25, -0.2) is 8.42 Å². The van der Waals surface area contributed by atoms with E-state index in [0.717, 1.165) is 31.9 Å². The lowest BCUT2D eigenvalue weighted by Gasteiger charge is -2.41. The first kappa shape index (κ1) is 18.6. The Balaban J connectivity index is 2.80. The van der Waals surface area contributed by atoms with E-state index in [4.69, 9.17) is 0 Å². The highest BCUT2D eigenvalue weighted by atomic mass is 32.2. The molecule has 0 aromatic heterocycles. The van der Waals surface area contributed by atoms with Crippen LogP contribution < -0.4 is 0 Å². The maximum Gasteiger partial charge on any atom is 0.148 e. The molecule has 1 aliphatic carbocycles. The van der Waals surface area contributed by atoms with Crippen molar-refractivity contribution in [2.45, 2.75) is 51.7 Å². The van der Waals surface area contributed by atoms with Crippen LogP contribution >= 0.6 is 0 Å². The summed E-state index contributed by atoms with van der Waals surface area (Å²) in [5, 5.41) is 9.10. The minimum atomic E-state index is -3.10. The van der Waals surface area contributed by atoms with Gasteiger partial charge in [0.15, 0.2) is 0 Å². The second-order valence-electron chi connectivity index (χ2n) is 6.84. The van der Waals surface area contributed by atoms with Gasteiger partial charge in [-0.1, -0.05) is 27.2 Å². The molecule has 1 saturated carbocycles. The summed E-state index contributed by atoms with van der Waals surface area (Å²) in [4.78, 5) is 0. The van der Waals surface area contributed by atoms with Crippen molar-refractivity contribution in [3.8, 4) is 6.07 Å². The normalized spacial score (nSPS) is 28.8. The quantitative estimate of drug-likeness (QED) is 0.748. The van der Waals surface area contributed by atoms with E-state index >= 15 is 0 Å². The highest BCUT2D eigenvalue weighted by molar-refractivity contribution is 7.92. The lowest BCUT2D eigenvalue weighted by Crippen LogP contribution is -2.39. The summed E-state index contributed by atoms with van der Waals surface area (Å²) in [5.41, 5.74) is 0.180. The van der Waals surface area contributed by atoms with E-state index in [0.29, 0.717) is 5.92 Å². The summed E-state index contributed by atoms with van der Waals surface area (Å²) in [6.07, 6.45) is 4.77. The first-order valence-electron chi connectivity index (χ1n) is 7.55. The molecule has 4 unspecified atom stereocenters. The van der Waals surface area contributed by atoms with Gasteiger partial charge in [-0.3, -0.25) is 4.21 Å². The van der Waals surface area contributed by atoms with E-state index in [1.54, 1.807) is 0 Å². The Labute approximate surface area is 131 Å². The molecule has 122 valence electrons. The van der Waals surface area contributed by atoms with E-state index in [2.05, 4.69) is 26.8 Å². The highest BCUT2D eigenvalue weighted by Gasteiger charge is 2.39. The molecule has 4 nitrogen and oxygen atoms in total. The third kappa shape index (κ3) is 5.37. The van der Waals surface area contributed by atoms with Crippen molar-refractivity contribution in [1.82, 2.24) is 0 Å². The molecule has 6 heteroatoms. The Morgan fingerprint density at radius 3 is 2.43 bits per heavy atom. The van der Waals surface area contributed by atoms with Gasteiger partial charge in [0.2, 0.25) is 0 Å². The van der Waals surface area contributed by atoms with Crippen LogP contribution in [0.3, 0.4) is 0 Å². The first-order valence-corrected chi connectivity index (χ1v) is 11.0. The van der Waals surface area contributed by atoms with Gasteiger partial charge >= 0.3 is 0 Å². The Bertz CT molecular complexity index is 520. The number of sulfone groups is 1. The van der Waals surface area contributed by atoms with Crippen molar-refractivity contribution in [3.63, 3.8) is 0 Å². The first-order chi connectivity index (χ1) is 9.60. The van der Waals surface area contributed by atoms with Crippen LogP contribution in [0.2, 0.25) is 0 Å². The summed E-state index contributed by atoms with van der Waals surface area (Å²) in [6.45, 7) is 6.60. The predicted octanol–water partition coefficient (Wildman–Crippen LogP) is 2.52. The Morgan fingerprint density at radius 1 is 1.33 bits per heavy atom. The van der Waals surface area contributed by atoms with Gasteiger partial charge in [0.05, 0.1) is 23.0 Å². The van der Waals surface area contributed by atoms with E-state index in [1.165, 1.54) is 0 Å². The molecule has 0 saturated heterocycles. The summed E-state index contributed by atoms with van der Waals surface area (Å²) in [6, 6.07) is 2.28. The predicted molar refractivity (Wildman–Crippen MR) is 87.0 cm³/mol. The fourth-order valence-corrected chi connectivity index (χ4v) is 6.13. The van der Waals surface area contributed by atoms with Gasteiger partial charge in [0.1, 0.15) is 9.84 Å². The molecule has 21 heavy (non-hydrogen) atoms. The van der Waals surface area contributed by atoms with Gasteiger partial charge in [-0.15, -0.1) is 0 Å². The molecule has 0 spiro atoms. The van der Waals surface area contributed by atoms with Crippen molar-refractivity contribution in [2.24, 2.45) is 17.3 Å². The minimum absolute atomic E-state index is 0.0594. The molecule has 0 radical (unpaired) electrons. The van der Waals surface area contributed by atoms with Crippen molar-refractivity contribution in [1.29, 1.82) is 5.26 Å². The summed E-state index contributed by atoms with van der Waals surface area (Å²) in [5.74, 6) is 0.352. The molecule has 0 amide bonds. The van der Waals surface area contributed by atoms with Crippen LogP contribution in [0.4, 0.5) is 0 Å². The molecule has 0 N–H and O–H groups in total. The summed E-state index contributed by atoms with van der Waals surface area (Å²) < 4.78 is 35.0. The fourth-order valence-electron chi connectivity index (χ4n) is 2.95. The molecule has 1 aliphatic rings. The number of rotatable bonds is 6. The number of hydrogen-bond donors (Lipinski definition) is 0. The third-order valence-corrected chi connectivity index (χ3v) is 7.97. The van der Waals surface area contributed by atoms with E-state index in [1.807, 2.05) is 0 Å². The van der Waals surface area contributed by atoms with Crippen molar-refractivity contribution >= 4 is 20.6 Å². The van der Waals surface area contributed by atoms with Crippen LogP contribution in [0.5, 0.6) is 0 Å². The molecule has 0 aliphatic heterocycles.